The zero-order chi connectivity index (χ0) is 20.8. The highest BCUT2D eigenvalue weighted by Gasteiger charge is 2.23. The van der Waals surface area contributed by atoms with Crippen LogP contribution in [0, 0.1) is 12.3 Å². The van der Waals surface area contributed by atoms with Crippen molar-refractivity contribution >= 4 is 0 Å². The highest BCUT2D eigenvalue weighted by atomic mass is 16.5. The molecule has 0 aliphatic carbocycles. The molecule has 152 valence electrons. The predicted octanol–water partition coefficient (Wildman–Crippen LogP) is 3.22. The van der Waals surface area contributed by atoms with Crippen LogP contribution in [0.25, 0.3) is 11.5 Å². The lowest BCUT2D eigenvalue weighted by Crippen LogP contribution is -2.33. The maximum absolute atomic E-state index is 12.2. The van der Waals surface area contributed by atoms with Gasteiger partial charge in [-0.15, -0.1) is 6.42 Å². The van der Waals surface area contributed by atoms with E-state index in [1.807, 2.05) is 36.4 Å². The number of benzene rings is 1. The molecule has 1 aliphatic heterocycles. The lowest BCUT2D eigenvalue weighted by molar-refractivity contribution is 0.203. The van der Waals surface area contributed by atoms with E-state index in [1.165, 1.54) is 5.56 Å². The van der Waals surface area contributed by atoms with E-state index in [0.717, 1.165) is 43.9 Å². The Balaban J connectivity index is 1.40. The number of pyridine rings is 1. The Labute approximate surface area is 176 Å². The number of nitrogens with zero attached hydrogens (tertiary/aromatic N) is 3. The minimum Gasteiger partial charge on any atom is -0.481 e. The lowest BCUT2D eigenvalue weighted by Gasteiger charge is -2.31. The number of rotatable bonds is 6. The van der Waals surface area contributed by atoms with Crippen LogP contribution in [0.5, 0.6) is 5.75 Å². The summed E-state index contributed by atoms with van der Waals surface area (Å²) < 4.78 is 5.52. The fraction of sp³-hybridized carbons (Fsp3) is 0.292. The molecule has 0 bridgehead atoms. The summed E-state index contributed by atoms with van der Waals surface area (Å²) in [6.07, 6.45) is 8.89. The number of hydrogen-bond donors (Lipinski definition) is 1. The fourth-order valence-corrected chi connectivity index (χ4v) is 3.81. The first-order chi connectivity index (χ1) is 14.7. The SMILES string of the molecule is C#CCOc1cccc(CN2CCC(c3cc(=O)[nH]c(-c4ccccn4)n3)CC2)c1. The maximum Gasteiger partial charge on any atom is 0.251 e. The van der Waals surface area contributed by atoms with E-state index in [0.29, 0.717) is 11.5 Å². The van der Waals surface area contributed by atoms with Gasteiger partial charge in [0.1, 0.15) is 18.1 Å². The van der Waals surface area contributed by atoms with E-state index in [-0.39, 0.29) is 18.1 Å². The molecule has 0 amide bonds. The van der Waals surface area contributed by atoms with E-state index in [1.54, 1.807) is 12.3 Å². The van der Waals surface area contributed by atoms with Gasteiger partial charge >= 0.3 is 0 Å². The average Bonchev–Trinajstić information content (AvgIpc) is 2.79. The van der Waals surface area contributed by atoms with Crippen LogP contribution in [-0.2, 0) is 6.54 Å². The zero-order valence-corrected chi connectivity index (χ0v) is 16.8. The first-order valence-electron chi connectivity index (χ1n) is 10.1. The Morgan fingerprint density at radius 2 is 2.03 bits per heavy atom. The second-order valence-corrected chi connectivity index (χ2v) is 7.42. The third-order valence-electron chi connectivity index (χ3n) is 5.30. The van der Waals surface area contributed by atoms with Crippen LogP contribution >= 0.6 is 0 Å². The summed E-state index contributed by atoms with van der Waals surface area (Å²) in [6, 6.07) is 15.3. The molecular formula is C24H24N4O2. The van der Waals surface area contributed by atoms with Crippen LogP contribution in [0.15, 0.2) is 59.5 Å². The number of nitrogens with one attached hydrogen (secondary N) is 1. The Hall–Kier alpha value is -3.43. The van der Waals surface area contributed by atoms with Crippen LogP contribution in [0.1, 0.15) is 30.0 Å². The molecule has 30 heavy (non-hydrogen) atoms. The molecule has 0 unspecified atom stereocenters. The van der Waals surface area contributed by atoms with E-state index < -0.39 is 0 Å². The predicted molar refractivity (Wildman–Crippen MR) is 116 cm³/mol. The Morgan fingerprint density at radius 3 is 2.80 bits per heavy atom. The Bertz CT molecular complexity index is 1080. The van der Waals surface area contributed by atoms with E-state index >= 15 is 0 Å². The Kier molecular flexibility index (Phi) is 6.21. The Morgan fingerprint density at radius 1 is 1.17 bits per heavy atom. The van der Waals surface area contributed by atoms with Crippen LogP contribution in [0.3, 0.4) is 0 Å². The van der Waals surface area contributed by atoms with Gasteiger partial charge < -0.3 is 9.72 Å². The van der Waals surface area contributed by atoms with Crippen molar-refractivity contribution in [2.75, 3.05) is 19.7 Å². The monoisotopic (exact) mass is 400 g/mol. The van der Waals surface area contributed by atoms with Crippen molar-refractivity contribution in [3.8, 4) is 29.6 Å². The van der Waals surface area contributed by atoms with E-state index in [2.05, 4.69) is 26.9 Å². The second-order valence-electron chi connectivity index (χ2n) is 7.42. The smallest absolute Gasteiger partial charge is 0.251 e. The molecule has 3 heterocycles. The third-order valence-corrected chi connectivity index (χ3v) is 5.30. The second kappa shape index (κ2) is 9.38. The molecule has 1 fully saturated rings. The summed E-state index contributed by atoms with van der Waals surface area (Å²) in [5.41, 5.74) is 2.60. The van der Waals surface area contributed by atoms with Crippen LogP contribution in [-0.4, -0.2) is 39.5 Å². The van der Waals surface area contributed by atoms with Crippen molar-refractivity contribution in [1.82, 2.24) is 19.9 Å². The molecule has 0 radical (unpaired) electrons. The van der Waals surface area contributed by atoms with Crippen LogP contribution in [0.2, 0.25) is 0 Å². The molecule has 6 heteroatoms. The number of hydrogen-bond acceptors (Lipinski definition) is 5. The minimum absolute atomic E-state index is 0.133. The van der Waals surface area contributed by atoms with E-state index in [4.69, 9.17) is 16.1 Å². The van der Waals surface area contributed by atoms with Crippen molar-refractivity contribution in [1.29, 1.82) is 0 Å². The fourth-order valence-electron chi connectivity index (χ4n) is 3.81. The quantitative estimate of drug-likeness (QED) is 0.644. The summed E-state index contributed by atoms with van der Waals surface area (Å²) in [5.74, 6) is 4.10. The molecular weight excluding hydrogens is 376 g/mol. The molecule has 0 saturated carbocycles. The van der Waals surface area contributed by atoms with Gasteiger partial charge in [-0.25, -0.2) is 4.98 Å². The van der Waals surface area contributed by atoms with E-state index in [9.17, 15) is 4.79 Å². The molecule has 1 N–H and O–H groups in total. The van der Waals surface area contributed by atoms with Gasteiger partial charge in [0, 0.05) is 24.7 Å². The molecule has 1 aliphatic rings. The summed E-state index contributed by atoms with van der Waals surface area (Å²) in [7, 11) is 0. The van der Waals surface area contributed by atoms with Gasteiger partial charge in [-0.3, -0.25) is 14.7 Å². The third kappa shape index (κ3) is 4.94. The van der Waals surface area contributed by atoms with Gasteiger partial charge in [-0.1, -0.05) is 24.1 Å². The van der Waals surface area contributed by atoms with Gasteiger partial charge in [0.2, 0.25) is 0 Å². The lowest BCUT2D eigenvalue weighted by atomic mass is 9.93. The first-order valence-corrected chi connectivity index (χ1v) is 10.1. The number of piperidine rings is 1. The maximum atomic E-state index is 12.2. The normalized spacial score (nSPS) is 14.9. The highest BCUT2D eigenvalue weighted by molar-refractivity contribution is 5.48. The summed E-state index contributed by atoms with van der Waals surface area (Å²) in [6.45, 7) is 3.04. The van der Waals surface area contributed by atoms with Crippen LogP contribution < -0.4 is 10.3 Å². The molecule has 0 spiro atoms. The number of likely N-dealkylation sites (tertiary alicyclic amines) is 1. The molecule has 4 rings (SSSR count). The molecule has 6 nitrogen and oxygen atoms in total. The molecule has 2 aromatic heterocycles. The first kappa shape index (κ1) is 19.9. The topological polar surface area (TPSA) is 71.1 Å². The van der Waals surface area contributed by atoms with Gasteiger partial charge in [0.25, 0.3) is 5.56 Å². The highest BCUT2D eigenvalue weighted by Crippen LogP contribution is 2.28. The number of ether oxygens (including phenoxy) is 1. The van der Waals surface area contributed by atoms with Crippen LogP contribution in [0.4, 0.5) is 0 Å². The van der Waals surface area contributed by atoms with Crippen molar-refractivity contribution in [2.45, 2.75) is 25.3 Å². The van der Waals surface area contributed by atoms with Crippen molar-refractivity contribution in [3.05, 3.63) is 76.3 Å². The average molecular weight is 400 g/mol. The van der Waals surface area contributed by atoms with Crippen molar-refractivity contribution in [2.24, 2.45) is 0 Å². The molecule has 1 aromatic carbocycles. The van der Waals surface area contributed by atoms with Gasteiger partial charge in [0.15, 0.2) is 5.82 Å². The molecule has 1 saturated heterocycles. The zero-order valence-electron chi connectivity index (χ0n) is 16.8. The molecule has 0 atom stereocenters. The van der Waals surface area contributed by atoms with Gasteiger partial charge in [0.05, 0.1) is 5.69 Å². The number of H-pyrrole nitrogens is 1. The number of aromatic nitrogens is 3. The van der Waals surface area contributed by atoms with Crippen molar-refractivity contribution in [3.63, 3.8) is 0 Å². The van der Waals surface area contributed by atoms with Gasteiger partial charge in [-0.2, -0.15) is 0 Å². The number of terminal acetylenes is 1. The van der Waals surface area contributed by atoms with Crippen molar-refractivity contribution < 1.29 is 4.74 Å². The summed E-state index contributed by atoms with van der Waals surface area (Å²) >= 11 is 0. The summed E-state index contributed by atoms with van der Waals surface area (Å²) in [4.78, 5) is 26.4. The van der Waals surface area contributed by atoms with Gasteiger partial charge in [-0.05, 0) is 55.8 Å². The summed E-state index contributed by atoms with van der Waals surface area (Å²) in [5, 5.41) is 0. The number of aromatic amines is 1. The standard InChI is InChI=1S/C24H24N4O2/c1-2-14-30-20-7-5-6-18(15-20)17-28-12-9-19(10-13-28)22-16-23(29)27-24(26-22)21-8-3-4-11-25-21/h1,3-8,11,15-16,19H,9-10,12-14,17H2,(H,26,27,29). The molecule has 3 aromatic rings. The minimum atomic E-state index is -0.133. The largest absolute Gasteiger partial charge is 0.481 e.